The molecule has 28 heavy (non-hydrogen) atoms. The van der Waals surface area contributed by atoms with Crippen LogP contribution in [0.2, 0.25) is 0 Å². The summed E-state index contributed by atoms with van der Waals surface area (Å²) in [7, 11) is 2.80. The van der Waals surface area contributed by atoms with Gasteiger partial charge in [-0.25, -0.2) is 4.79 Å². The molecule has 2 unspecified atom stereocenters. The van der Waals surface area contributed by atoms with Gasteiger partial charge in [0, 0.05) is 20.6 Å². The minimum Gasteiger partial charge on any atom is -0.596 e. The lowest BCUT2D eigenvalue weighted by atomic mass is 10.0. The van der Waals surface area contributed by atoms with Crippen molar-refractivity contribution in [1.82, 2.24) is 9.39 Å². The molecule has 1 aromatic rings. The third-order valence-electron chi connectivity index (χ3n) is 4.22. The van der Waals surface area contributed by atoms with Crippen molar-refractivity contribution in [3.8, 4) is 5.75 Å². The Labute approximate surface area is 174 Å². The van der Waals surface area contributed by atoms with E-state index in [9.17, 15) is 14.5 Å². The maximum Gasteiger partial charge on any atom is 0.408 e. The number of para-hydroxylation sites is 1. The number of rotatable bonds is 9. The van der Waals surface area contributed by atoms with Gasteiger partial charge in [0.05, 0.1) is 23.5 Å². The molecule has 0 aromatic heterocycles. The van der Waals surface area contributed by atoms with Crippen LogP contribution < -0.4 is 10.1 Å². The van der Waals surface area contributed by atoms with Crippen molar-refractivity contribution in [3.63, 3.8) is 0 Å². The number of fused-ring (bicyclic) bond motifs is 1. The van der Waals surface area contributed by atoms with E-state index < -0.39 is 35.1 Å². The maximum atomic E-state index is 13.6. The summed E-state index contributed by atoms with van der Waals surface area (Å²) in [5.74, 6) is 0.555. The molecule has 2 N–H and O–H groups in total. The number of carboxylic acid groups (broad SMARTS) is 1. The van der Waals surface area contributed by atoms with Gasteiger partial charge < -0.3 is 23.4 Å². The highest BCUT2D eigenvalue weighted by atomic mass is 32.5. The zero-order valence-corrected chi connectivity index (χ0v) is 19.2. The summed E-state index contributed by atoms with van der Waals surface area (Å²) in [6.45, 7) is 3.09. The van der Waals surface area contributed by atoms with Gasteiger partial charge in [-0.05, 0) is 47.8 Å². The lowest BCUT2D eigenvalue weighted by Crippen LogP contribution is -2.41. The summed E-state index contributed by atoms with van der Waals surface area (Å²) < 4.78 is 31.8. The molecule has 0 saturated carbocycles. The fourth-order valence-electron chi connectivity index (χ4n) is 3.08. The minimum atomic E-state index is -3.03. The minimum absolute atomic E-state index is 0.324. The smallest absolute Gasteiger partial charge is 0.408 e. The highest BCUT2D eigenvalue weighted by molar-refractivity contribution is 8.13. The second-order valence-corrected chi connectivity index (χ2v) is 12.2. The summed E-state index contributed by atoms with van der Waals surface area (Å²) in [5.41, 5.74) is 1.01. The maximum absolute atomic E-state index is 13.6. The van der Waals surface area contributed by atoms with Gasteiger partial charge in [0.2, 0.25) is 5.37 Å². The van der Waals surface area contributed by atoms with E-state index >= 15 is 0 Å². The number of nitrogens with one attached hydrogen (secondary N) is 1. The Morgan fingerprint density at radius 3 is 2.68 bits per heavy atom. The fraction of sp³-hybridized carbons (Fsp3) is 0.588. The van der Waals surface area contributed by atoms with Crippen molar-refractivity contribution >= 4 is 35.9 Å². The molecule has 1 aliphatic heterocycles. The first-order valence-electron chi connectivity index (χ1n) is 8.79. The number of hydrogen-bond acceptors (Lipinski definition) is 6. The molecule has 2 atom stereocenters. The molecule has 1 amide bonds. The summed E-state index contributed by atoms with van der Waals surface area (Å²) in [6.07, 6.45) is 0.00966. The van der Waals surface area contributed by atoms with Crippen LogP contribution in [0.4, 0.5) is 4.79 Å². The van der Waals surface area contributed by atoms with Gasteiger partial charge >= 0.3 is 12.7 Å². The fourth-order valence-corrected chi connectivity index (χ4v) is 7.55. The Kier molecular flexibility index (Phi) is 7.77. The first-order valence-corrected chi connectivity index (χ1v) is 12.5. The van der Waals surface area contributed by atoms with E-state index in [-0.39, 0.29) is 0 Å². The van der Waals surface area contributed by atoms with Crippen LogP contribution in [0, 0.1) is 0 Å². The second-order valence-electron chi connectivity index (χ2n) is 6.89. The summed E-state index contributed by atoms with van der Waals surface area (Å²) >= 11 is 3.58. The zero-order chi connectivity index (χ0) is 21.1. The van der Waals surface area contributed by atoms with Gasteiger partial charge in [-0.1, -0.05) is 19.1 Å². The molecule has 11 heteroatoms. The Morgan fingerprint density at radius 1 is 1.50 bits per heavy atom. The third kappa shape index (κ3) is 4.99. The number of nitrogens with zero attached hydrogens (tertiary/aromatic N) is 1. The normalized spacial score (nSPS) is 17.7. The molecule has 1 aromatic carbocycles. The van der Waals surface area contributed by atoms with Crippen LogP contribution in [-0.2, 0) is 38.6 Å². The van der Waals surface area contributed by atoms with Crippen molar-refractivity contribution in [2.75, 3.05) is 20.8 Å². The lowest BCUT2D eigenvalue weighted by Gasteiger charge is -2.34. The molecule has 0 fully saturated rings. The summed E-state index contributed by atoms with van der Waals surface area (Å²) in [5, 5.41) is 10.7. The quantitative estimate of drug-likeness (QED) is 0.435. The van der Waals surface area contributed by atoms with E-state index in [1.54, 1.807) is 12.1 Å². The SMILES string of the molecule is CCCN([S+]([O-])C(NC(=O)O)c1cccc2c1OC(C)(C)C2)P(=S)(OC)OC. The lowest BCUT2D eigenvalue weighted by molar-refractivity contribution is 0.137. The van der Waals surface area contributed by atoms with E-state index in [1.165, 1.54) is 18.3 Å². The van der Waals surface area contributed by atoms with Crippen LogP contribution in [0.3, 0.4) is 0 Å². The van der Waals surface area contributed by atoms with Gasteiger partial charge in [0.15, 0.2) is 0 Å². The van der Waals surface area contributed by atoms with Gasteiger partial charge in [-0.3, -0.25) is 5.32 Å². The number of benzene rings is 1. The Balaban J connectivity index is 2.51. The van der Waals surface area contributed by atoms with Gasteiger partial charge in [0.1, 0.15) is 11.4 Å². The monoisotopic (exact) mass is 450 g/mol. The summed E-state index contributed by atoms with van der Waals surface area (Å²) in [4.78, 5) is 11.5. The molecule has 0 spiro atoms. The zero-order valence-electron chi connectivity index (χ0n) is 16.6. The number of ether oxygens (including phenoxy) is 1. The van der Waals surface area contributed by atoms with Crippen molar-refractivity contribution in [2.45, 2.75) is 44.6 Å². The first kappa shape index (κ1) is 23.4. The molecular formula is C17H27N2O6PS2. The molecule has 2 rings (SSSR count). The van der Waals surface area contributed by atoms with Crippen LogP contribution in [-0.4, -0.2) is 46.2 Å². The number of amides is 1. The van der Waals surface area contributed by atoms with E-state index in [2.05, 4.69) is 5.32 Å². The van der Waals surface area contributed by atoms with Gasteiger partial charge in [0.25, 0.3) is 0 Å². The average molecular weight is 451 g/mol. The number of carbonyl (C=O) groups is 1. The predicted octanol–water partition coefficient (Wildman–Crippen LogP) is 3.56. The Hall–Kier alpha value is -0.870. The van der Waals surface area contributed by atoms with Crippen molar-refractivity contribution in [3.05, 3.63) is 29.3 Å². The predicted molar refractivity (Wildman–Crippen MR) is 112 cm³/mol. The molecule has 0 aliphatic carbocycles. The van der Waals surface area contributed by atoms with Crippen LogP contribution in [0.5, 0.6) is 5.75 Å². The van der Waals surface area contributed by atoms with Crippen molar-refractivity contribution in [1.29, 1.82) is 0 Å². The highest BCUT2D eigenvalue weighted by Gasteiger charge is 2.44. The van der Waals surface area contributed by atoms with Crippen LogP contribution in [0.25, 0.3) is 0 Å². The van der Waals surface area contributed by atoms with Gasteiger partial charge in [-0.2, -0.15) is 0 Å². The van der Waals surface area contributed by atoms with Crippen LogP contribution in [0.1, 0.15) is 43.7 Å². The molecule has 1 aliphatic rings. The molecule has 8 nitrogen and oxygen atoms in total. The average Bonchev–Trinajstić information content (AvgIpc) is 2.96. The van der Waals surface area contributed by atoms with Gasteiger partial charge in [-0.15, -0.1) is 0 Å². The molecule has 0 saturated heterocycles. The van der Waals surface area contributed by atoms with E-state index in [1.807, 2.05) is 26.8 Å². The molecule has 158 valence electrons. The Morgan fingerprint density at radius 2 is 2.14 bits per heavy atom. The first-order chi connectivity index (χ1) is 13.1. The molecule has 1 heterocycles. The molecule has 0 radical (unpaired) electrons. The van der Waals surface area contributed by atoms with Crippen molar-refractivity contribution < 1.29 is 28.2 Å². The molecule has 0 bridgehead atoms. The van der Waals surface area contributed by atoms with E-state index in [0.717, 1.165) is 5.56 Å². The van der Waals surface area contributed by atoms with Crippen LogP contribution >= 0.6 is 6.64 Å². The van der Waals surface area contributed by atoms with E-state index in [0.29, 0.717) is 30.7 Å². The standard InChI is InChI=1S/C17H27N2O6PS2/c1-6-10-19(26(27,23-4)24-5)28(22)15(18-16(20)21)13-9-7-8-12-11-17(2,3)25-14(12)13/h7-9,15,18H,6,10-11H2,1-5H3,(H,20,21). The number of hydrogen-bond donors (Lipinski definition) is 2. The molecular weight excluding hydrogens is 423 g/mol. The summed E-state index contributed by atoms with van der Waals surface area (Å²) in [6, 6.07) is 5.44. The highest BCUT2D eigenvalue weighted by Crippen LogP contribution is 2.55. The second kappa shape index (κ2) is 9.30. The Bertz CT molecular complexity index is 755. The van der Waals surface area contributed by atoms with Crippen molar-refractivity contribution in [2.24, 2.45) is 0 Å². The van der Waals surface area contributed by atoms with Crippen LogP contribution in [0.15, 0.2) is 18.2 Å². The largest absolute Gasteiger partial charge is 0.596 e. The van der Waals surface area contributed by atoms with E-state index in [4.69, 9.17) is 25.6 Å². The topological polar surface area (TPSA) is 103 Å². The third-order valence-corrected chi connectivity index (χ3v) is 10.2.